The number of aryl methyl sites for hydroxylation is 2. The molecule has 3 rings (SSSR count). The summed E-state index contributed by atoms with van der Waals surface area (Å²) in [6.07, 6.45) is 5.41. The summed E-state index contributed by atoms with van der Waals surface area (Å²) in [5, 5.41) is 2.85. The van der Waals surface area contributed by atoms with Crippen molar-refractivity contribution < 1.29 is 9.53 Å². The van der Waals surface area contributed by atoms with E-state index in [9.17, 15) is 4.79 Å². The van der Waals surface area contributed by atoms with E-state index >= 15 is 0 Å². The SMILES string of the molecule is CCCc1nc2c(N)nc3cccnc3c2n1CCCCNC(=O)COC. The molecule has 0 aromatic carbocycles. The minimum atomic E-state index is -0.0914. The van der Waals surface area contributed by atoms with Crippen molar-refractivity contribution in [3.8, 4) is 0 Å². The second-order valence-corrected chi connectivity index (χ2v) is 6.49. The standard InChI is InChI=1S/C19H26N6O2/c1-3-7-14-24-17-18(16-13(23-19(17)20)8-6-10-22-16)25(14)11-5-4-9-21-15(26)12-27-2/h6,8,10H,3-5,7,9,11-12H2,1-2H3,(H2,20,23)(H,21,26). The fourth-order valence-electron chi connectivity index (χ4n) is 3.23. The van der Waals surface area contributed by atoms with E-state index in [1.165, 1.54) is 7.11 Å². The van der Waals surface area contributed by atoms with E-state index in [4.69, 9.17) is 15.5 Å². The number of imidazole rings is 1. The Balaban J connectivity index is 1.84. The molecule has 0 aliphatic heterocycles. The Morgan fingerprint density at radius 2 is 2.15 bits per heavy atom. The van der Waals surface area contributed by atoms with Gasteiger partial charge >= 0.3 is 0 Å². The van der Waals surface area contributed by atoms with E-state index in [1.54, 1.807) is 6.20 Å². The lowest BCUT2D eigenvalue weighted by molar-refractivity contribution is -0.124. The first-order valence-corrected chi connectivity index (χ1v) is 9.30. The van der Waals surface area contributed by atoms with Gasteiger partial charge in [0, 0.05) is 32.8 Å². The van der Waals surface area contributed by atoms with Crippen LogP contribution in [-0.2, 0) is 22.5 Å². The summed E-state index contributed by atoms with van der Waals surface area (Å²) in [6, 6.07) is 3.78. The highest BCUT2D eigenvalue weighted by Crippen LogP contribution is 2.28. The van der Waals surface area contributed by atoms with Gasteiger partial charge in [-0.25, -0.2) is 9.97 Å². The number of rotatable bonds is 9. The van der Waals surface area contributed by atoms with Crippen molar-refractivity contribution in [1.29, 1.82) is 0 Å². The maximum atomic E-state index is 11.5. The van der Waals surface area contributed by atoms with Crippen molar-refractivity contribution in [3.63, 3.8) is 0 Å². The molecule has 0 aliphatic carbocycles. The molecule has 0 fully saturated rings. The minimum absolute atomic E-state index is 0.0914. The average molecular weight is 370 g/mol. The molecule has 0 radical (unpaired) electrons. The first kappa shape index (κ1) is 19.0. The molecular formula is C19H26N6O2. The largest absolute Gasteiger partial charge is 0.382 e. The van der Waals surface area contributed by atoms with Crippen LogP contribution in [0.25, 0.3) is 22.1 Å². The lowest BCUT2D eigenvalue weighted by Gasteiger charge is -2.10. The molecule has 0 unspecified atom stereocenters. The van der Waals surface area contributed by atoms with Crippen LogP contribution in [0.4, 0.5) is 5.82 Å². The van der Waals surface area contributed by atoms with Gasteiger partial charge in [0.25, 0.3) is 0 Å². The van der Waals surface area contributed by atoms with Crippen LogP contribution in [0.15, 0.2) is 18.3 Å². The van der Waals surface area contributed by atoms with Gasteiger partial charge in [0.2, 0.25) is 5.91 Å². The summed E-state index contributed by atoms with van der Waals surface area (Å²) < 4.78 is 7.02. The average Bonchev–Trinajstić information content (AvgIpc) is 3.01. The predicted molar refractivity (Wildman–Crippen MR) is 105 cm³/mol. The molecule has 0 aliphatic rings. The Bertz CT molecular complexity index is 937. The van der Waals surface area contributed by atoms with E-state index < -0.39 is 0 Å². The van der Waals surface area contributed by atoms with Crippen LogP contribution < -0.4 is 11.1 Å². The molecule has 8 heteroatoms. The number of hydrogen-bond donors (Lipinski definition) is 2. The van der Waals surface area contributed by atoms with Crippen LogP contribution in [0.5, 0.6) is 0 Å². The molecule has 144 valence electrons. The normalized spacial score (nSPS) is 11.3. The fraction of sp³-hybridized carbons (Fsp3) is 0.474. The van der Waals surface area contributed by atoms with Crippen molar-refractivity contribution in [1.82, 2.24) is 24.8 Å². The van der Waals surface area contributed by atoms with Crippen molar-refractivity contribution in [3.05, 3.63) is 24.2 Å². The third kappa shape index (κ3) is 4.16. The van der Waals surface area contributed by atoms with Crippen molar-refractivity contribution >= 4 is 33.8 Å². The Morgan fingerprint density at radius 1 is 1.30 bits per heavy atom. The van der Waals surface area contributed by atoms with E-state index in [0.717, 1.165) is 60.1 Å². The number of carbonyl (C=O) groups excluding carboxylic acids is 1. The van der Waals surface area contributed by atoms with Crippen LogP contribution >= 0.6 is 0 Å². The molecular weight excluding hydrogens is 344 g/mol. The zero-order chi connectivity index (χ0) is 19.2. The third-order valence-electron chi connectivity index (χ3n) is 4.42. The molecule has 3 aromatic rings. The molecule has 0 saturated carbocycles. The van der Waals surface area contributed by atoms with E-state index in [0.29, 0.717) is 12.4 Å². The van der Waals surface area contributed by atoms with E-state index in [-0.39, 0.29) is 12.5 Å². The number of nitrogens with two attached hydrogens (primary N) is 1. The molecule has 0 spiro atoms. The number of carbonyl (C=O) groups is 1. The number of aromatic nitrogens is 4. The molecule has 3 heterocycles. The number of amides is 1. The van der Waals surface area contributed by atoms with Crippen LogP contribution in [0.1, 0.15) is 32.0 Å². The number of fused-ring (bicyclic) bond motifs is 3. The quantitative estimate of drug-likeness (QED) is 0.558. The summed E-state index contributed by atoms with van der Waals surface area (Å²) in [7, 11) is 1.51. The zero-order valence-corrected chi connectivity index (χ0v) is 15.9. The Morgan fingerprint density at radius 3 is 2.93 bits per heavy atom. The van der Waals surface area contributed by atoms with E-state index in [2.05, 4.69) is 26.8 Å². The van der Waals surface area contributed by atoms with Crippen LogP contribution in [0.2, 0.25) is 0 Å². The number of pyridine rings is 2. The number of anilines is 1. The number of hydrogen-bond acceptors (Lipinski definition) is 6. The van der Waals surface area contributed by atoms with Crippen LogP contribution in [0, 0.1) is 0 Å². The molecule has 3 N–H and O–H groups in total. The van der Waals surface area contributed by atoms with Crippen LogP contribution in [0.3, 0.4) is 0 Å². The molecule has 1 amide bonds. The molecule has 0 bridgehead atoms. The zero-order valence-electron chi connectivity index (χ0n) is 15.9. The first-order chi connectivity index (χ1) is 13.2. The van der Waals surface area contributed by atoms with Gasteiger partial charge in [-0.15, -0.1) is 0 Å². The Labute approximate surface area is 158 Å². The number of ether oxygens (including phenoxy) is 1. The number of methoxy groups -OCH3 is 1. The van der Waals surface area contributed by atoms with Gasteiger partial charge in [-0.3, -0.25) is 9.78 Å². The smallest absolute Gasteiger partial charge is 0.245 e. The van der Waals surface area contributed by atoms with Gasteiger partial charge < -0.3 is 20.4 Å². The summed E-state index contributed by atoms with van der Waals surface area (Å²) in [5.41, 5.74) is 9.43. The fourth-order valence-corrected chi connectivity index (χ4v) is 3.23. The first-order valence-electron chi connectivity index (χ1n) is 9.30. The lowest BCUT2D eigenvalue weighted by atomic mass is 10.2. The highest BCUT2D eigenvalue weighted by atomic mass is 16.5. The van der Waals surface area contributed by atoms with E-state index in [1.807, 2.05) is 12.1 Å². The van der Waals surface area contributed by atoms with Gasteiger partial charge in [-0.1, -0.05) is 6.92 Å². The van der Waals surface area contributed by atoms with Gasteiger partial charge in [0.1, 0.15) is 29.0 Å². The van der Waals surface area contributed by atoms with Gasteiger partial charge in [0.05, 0.1) is 5.52 Å². The maximum Gasteiger partial charge on any atom is 0.245 e. The monoisotopic (exact) mass is 370 g/mol. The summed E-state index contributed by atoms with van der Waals surface area (Å²) in [4.78, 5) is 25.2. The second-order valence-electron chi connectivity index (χ2n) is 6.49. The van der Waals surface area contributed by atoms with Crippen molar-refractivity contribution in [2.24, 2.45) is 0 Å². The molecule has 8 nitrogen and oxygen atoms in total. The third-order valence-corrected chi connectivity index (χ3v) is 4.42. The summed E-state index contributed by atoms with van der Waals surface area (Å²) in [5.74, 6) is 1.35. The predicted octanol–water partition coefficient (Wildman–Crippen LogP) is 2.06. The number of nitrogens with zero attached hydrogens (tertiary/aromatic N) is 4. The molecule has 0 saturated heterocycles. The Hall–Kier alpha value is -2.74. The Kier molecular flexibility index (Phi) is 6.18. The summed E-state index contributed by atoms with van der Waals surface area (Å²) >= 11 is 0. The lowest BCUT2D eigenvalue weighted by Crippen LogP contribution is -2.28. The number of unbranched alkanes of at least 4 members (excludes halogenated alkanes) is 1. The molecule has 3 aromatic heterocycles. The molecule has 0 atom stereocenters. The van der Waals surface area contributed by atoms with Crippen molar-refractivity contribution in [2.75, 3.05) is 26.0 Å². The highest BCUT2D eigenvalue weighted by molar-refractivity contribution is 6.04. The molecule has 27 heavy (non-hydrogen) atoms. The van der Waals surface area contributed by atoms with Crippen LogP contribution in [-0.4, -0.2) is 45.7 Å². The highest BCUT2D eigenvalue weighted by Gasteiger charge is 2.17. The minimum Gasteiger partial charge on any atom is -0.382 e. The second kappa shape index (κ2) is 8.77. The van der Waals surface area contributed by atoms with Gasteiger partial charge in [-0.05, 0) is 31.4 Å². The summed E-state index contributed by atoms with van der Waals surface area (Å²) in [6.45, 7) is 3.64. The topological polar surface area (TPSA) is 108 Å². The van der Waals surface area contributed by atoms with Crippen molar-refractivity contribution in [2.45, 2.75) is 39.2 Å². The number of nitrogen functional groups attached to an aromatic ring is 1. The number of nitrogens with one attached hydrogen (secondary N) is 1. The van der Waals surface area contributed by atoms with Gasteiger partial charge in [0.15, 0.2) is 5.82 Å². The van der Waals surface area contributed by atoms with Gasteiger partial charge in [-0.2, -0.15) is 0 Å². The maximum absolute atomic E-state index is 11.5.